The summed E-state index contributed by atoms with van der Waals surface area (Å²) < 4.78 is 60.0. The van der Waals surface area contributed by atoms with E-state index in [1.54, 1.807) is 36.4 Å². The average molecular weight is 596 g/mol. The monoisotopic (exact) mass is 595 g/mol. The molecule has 3 aromatic carbocycles. The van der Waals surface area contributed by atoms with Crippen molar-refractivity contribution in [3.8, 4) is 17.2 Å². The summed E-state index contributed by atoms with van der Waals surface area (Å²) in [5, 5.41) is -0.108. The maximum atomic E-state index is 14.4. The molecule has 1 aromatic heterocycles. The Kier molecular flexibility index (Phi) is 10.3. The van der Waals surface area contributed by atoms with E-state index in [1.165, 1.54) is 24.3 Å². The normalized spacial score (nSPS) is 11.7. The van der Waals surface area contributed by atoms with Gasteiger partial charge < -0.3 is 13.9 Å². The Morgan fingerprint density at radius 1 is 0.884 bits per heavy atom. The van der Waals surface area contributed by atoms with Gasteiger partial charge in [-0.2, -0.15) is 13.2 Å². The van der Waals surface area contributed by atoms with Crippen LogP contribution in [0.25, 0.3) is 11.0 Å². The van der Waals surface area contributed by atoms with Gasteiger partial charge in [-0.25, -0.2) is 4.79 Å². The van der Waals surface area contributed by atoms with Crippen LogP contribution in [-0.2, 0) is 19.1 Å². The number of fused-ring (bicyclic) bond motifs is 1. The fourth-order valence-corrected chi connectivity index (χ4v) is 4.91. The minimum absolute atomic E-state index is 0.0201. The predicted molar refractivity (Wildman–Crippen MR) is 160 cm³/mol. The van der Waals surface area contributed by atoms with Gasteiger partial charge in [-0.15, -0.1) is 0 Å². The van der Waals surface area contributed by atoms with E-state index < -0.39 is 29.1 Å². The second-order valence-electron chi connectivity index (χ2n) is 10.5. The van der Waals surface area contributed by atoms with Crippen LogP contribution in [0.2, 0.25) is 0 Å². The minimum atomic E-state index is -5.04. The van der Waals surface area contributed by atoms with E-state index in [-0.39, 0.29) is 40.1 Å². The molecule has 0 amide bonds. The Morgan fingerprint density at radius 2 is 1.53 bits per heavy atom. The maximum Gasteiger partial charge on any atom is 0.453 e. The first kappa shape index (κ1) is 31.8. The molecule has 0 radical (unpaired) electrons. The summed E-state index contributed by atoms with van der Waals surface area (Å²) in [5.74, 6) is -3.08. The molecule has 0 aliphatic carbocycles. The summed E-state index contributed by atoms with van der Waals surface area (Å²) in [5.41, 5.74) is 1.14. The van der Waals surface area contributed by atoms with Crippen LogP contribution in [-0.4, -0.2) is 24.0 Å². The van der Waals surface area contributed by atoms with Gasteiger partial charge in [-0.3, -0.25) is 9.69 Å². The number of rotatable bonds is 12. The second kappa shape index (κ2) is 13.9. The molecule has 0 atom stereocenters. The van der Waals surface area contributed by atoms with Crippen molar-refractivity contribution >= 4 is 16.9 Å². The van der Waals surface area contributed by atoms with E-state index in [4.69, 9.17) is 13.9 Å². The van der Waals surface area contributed by atoms with E-state index in [1.807, 2.05) is 32.6 Å². The number of alkyl halides is 3. The zero-order valence-corrected chi connectivity index (χ0v) is 24.8. The molecule has 6 nitrogen and oxygen atoms in total. The van der Waals surface area contributed by atoms with E-state index in [0.29, 0.717) is 13.1 Å². The molecular formula is C34H36F3NO5. The molecule has 0 aliphatic heterocycles. The molecule has 0 spiro atoms. The third-order valence-corrected chi connectivity index (χ3v) is 6.97. The Hall–Kier alpha value is -4.11. The maximum absolute atomic E-state index is 14.4. The first-order valence-electron chi connectivity index (χ1n) is 14.5. The van der Waals surface area contributed by atoms with Crippen LogP contribution in [0.15, 0.2) is 69.9 Å². The molecule has 0 aliphatic rings. The molecular weight excluding hydrogens is 559 g/mol. The van der Waals surface area contributed by atoms with Gasteiger partial charge >= 0.3 is 12.1 Å². The smallest absolute Gasteiger partial charge is 0.449 e. The molecule has 43 heavy (non-hydrogen) atoms. The number of halogens is 3. The van der Waals surface area contributed by atoms with Crippen molar-refractivity contribution in [2.45, 2.75) is 66.1 Å². The Bertz CT molecular complexity index is 1600. The highest BCUT2D eigenvalue weighted by Crippen LogP contribution is 2.40. The summed E-state index contributed by atoms with van der Waals surface area (Å²) in [6, 6.07) is 16.0. The highest BCUT2D eigenvalue weighted by Gasteiger charge is 2.41. The van der Waals surface area contributed by atoms with Crippen molar-refractivity contribution in [1.82, 2.24) is 4.90 Å². The van der Waals surface area contributed by atoms with E-state index >= 15 is 0 Å². The van der Waals surface area contributed by atoms with Gasteiger partial charge in [0.2, 0.25) is 11.2 Å². The zero-order valence-electron chi connectivity index (χ0n) is 24.8. The van der Waals surface area contributed by atoms with Crippen molar-refractivity contribution in [3.63, 3.8) is 0 Å². The third kappa shape index (κ3) is 7.65. The molecule has 0 fully saturated rings. The highest BCUT2D eigenvalue weighted by molar-refractivity contribution is 5.92. The van der Waals surface area contributed by atoms with Crippen LogP contribution in [0.4, 0.5) is 13.2 Å². The molecule has 0 saturated heterocycles. The number of hydrogen-bond acceptors (Lipinski definition) is 6. The van der Waals surface area contributed by atoms with Gasteiger partial charge in [-0.1, -0.05) is 57.0 Å². The number of benzene rings is 3. The molecule has 4 aromatic rings. The van der Waals surface area contributed by atoms with Crippen molar-refractivity contribution in [3.05, 3.63) is 98.9 Å². The lowest BCUT2D eigenvalue weighted by molar-refractivity contribution is -0.154. The topological polar surface area (TPSA) is 69.0 Å². The van der Waals surface area contributed by atoms with E-state index in [9.17, 15) is 22.8 Å². The number of carbonyl (C=O) groups excluding carboxylic acids is 1. The lowest BCUT2D eigenvalue weighted by atomic mass is 10.1. The van der Waals surface area contributed by atoms with Crippen LogP contribution in [0.1, 0.15) is 72.8 Å². The first-order chi connectivity index (χ1) is 20.5. The predicted octanol–water partition coefficient (Wildman–Crippen LogP) is 8.71. The van der Waals surface area contributed by atoms with Crippen LogP contribution in [0.3, 0.4) is 0 Å². The first-order valence-corrected chi connectivity index (χ1v) is 14.5. The van der Waals surface area contributed by atoms with E-state index in [2.05, 4.69) is 0 Å². The standard InChI is InChI=1S/C34H36F3NO5/c1-5-8-23-11-15-25(16-12-23)41-31-29(39)26-17-18-28(42-33(40)24-13-9-22(4)10-14-24)27(21-38(19-6-2)20-7-3)30(26)43-32(31)34(35,36)37/h9-18H,5-8,19-21H2,1-4H3. The van der Waals surface area contributed by atoms with Crippen molar-refractivity contribution in [1.29, 1.82) is 0 Å². The minimum Gasteiger partial charge on any atom is -0.449 e. The fraction of sp³-hybridized carbons (Fsp3) is 0.353. The summed E-state index contributed by atoms with van der Waals surface area (Å²) in [6.45, 7) is 9.27. The molecule has 0 N–H and O–H groups in total. The van der Waals surface area contributed by atoms with Crippen molar-refractivity contribution < 1.29 is 31.9 Å². The number of carbonyl (C=O) groups is 1. The fourth-order valence-electron chi connectivity index (χ4n) is 4.91. The number of hydrogen-bond donors (Lipinski definition) is 0. The van der Waals surface area contributed by atoms with Gasteiger partial charge in [0.1, 0.15) is 17.1 Å². The Balaban J connectivity index is 1.87. The Labute approximate surface area is 249 Å². The van der Waals surface area contributed by atoms with Crippen molar-refractivity contribution in [2.24, 2.45) is 0 Å². The summed E-state index contributed by atoms with van der Waals surface area (Å²) in [6.07, 6.45) is -1.75. The summed E-state index contributed by atoms with van der Waals surface area (Å²) in [7, 11) is 0. The average Bonchev–Trinajstić information content (AvgIpc) is 2.96. The Morgan fingerprint density at radius 3 is 2.12 bits per heavy atom. The molecule has 0 unspecified atom stereocenters. The van der Waals surface area contributed by atoms with Crippen LogP contribution in [0.5, 0.6) is 17.2 Å². The molecule has 0 saturated carbocycles. The van der Waals surface area contributed by atoms with Crippen molar-refractivity contribution in [2.75, 3.05) is 13.1 Å². The number of ether oxygens (including phenoxy) is 2. The second-order valence-corrected chi connectivity index (χ2v) is 10.5. The van der Waals surface area contributed by atoms with Gasteiger partial charge in [0.25, 0.3) is 5.76 Å². The molecule has 0 bridgehead atoms. The van der Waals surface area contributed by atoms with Crippen LogP contribution in [0, 0.1) is 6.92 Å². The lowest BCUT2D eigenvalue weighted by Crippen LogP contribution is -2.26. The van der Waals surface area contributed by atoms with Gasteiger partial charge in [0.15, 0.2) is 0 Å². The SMILES string of the molecule is CCCc1ccc(Oc2c(C(F)(F)F)oc3c(CN(CCC)CCC)c(OC(=O)c4ccc(C)cc4)ccc3c2=O)cc1. The largest absolute Gasteiger partial charge is 0.453 e. The van der Waals surface area contributed by atoms with Gasteiger partial charge in [0, 0.05) is 6.54 Å². The highest BCUT2D eigenvalue weighted by atomic mass is 19.4. The number of esters is 1. The van der Waals surface area contributed by atoms with Gasteiger partial charge in [0.05, 0.1) is 16.5 Å². The number of nitrogens with zero attached hydrogens (tertiary/aromatic N) is 1. The zero-order chi connectivity index (χ0) is 31.1. The van der Waals surface area contributed by atoms with Crippen LogP contribution >= 0.6 is 0 Å². The lowest BCUT2D eigenvalue weighted by Gasteiger charge is -2.23. The third-order valence-electron chi connectivity index (χ3n) is 6.97. The molecule has 9 heteroatoms. The van der Waals surface area contributed by atoms with E-state index in [0.717, 1.165) is 36.8 Å². The molecule has 228 valence electrons. The summed E-state index contributed by atoms with van der Waals surface area (Å²) in [4.78, 5) is 28.7. The molecule has 4 rings (SSSR count). The van der Waals surface area contributed by atoms with Crippen LogP contribution < -0.4 is 14.9 Å². The van der Waals surface area contributed by atoms with Gasteiger partial charge in [-0.05, 0) is 81.2 Å². The number of aryl methyl sites for hydroxylation is 2. The summed E-state index contributed by atoms with van der Waals surface area (Å²) >= 11 is 0. The molecule has 1 heterocycles. The quantitative estimate of drug-likeness (QED) is 0.121.